The molecule has 0 aliphatic rings. The van der Waals surface area contributed by atoms with Crippen LogP contribution in [0, 0.1) is 0 Å². The molecular formula is C3H6BNP. The first-order valence-electron chi connectivity index (χ1n) is 1.67. The standard InChI is InChI=1S/C3H6BNP/c1-3(4-2)5-6/h6H,1H2,2H3. The van der Waals surface area contributed by atoms with Gasteiger partial charge in [-0.25, -0.2) is 0 Å². The van der Waals surface area contributed by atoms with Crippen molar-refractivity contribution in [1.29, 1.82) is 0 Å². The molecule has 0 unspecified atom stereocenters. The molecule has 1 nitrogen and oxygen atoms in total. The summed E-state index contributed by atoms with van der Waals surface area (Å²) in [6.07, 6.45) is 0. The molecule has 0 fully saturated rings. The average molecular weight is 97.9 g/mol. The maximum atomic E-state index is 3.56. The molecule has 0 amide bonds. The molecule has 0 bridgehead atoms. The fraction of sp³-hybridized carbons (Fsp3) is 0.333. The van der Waals surface area contributed by atoms with Crippen molar-refractivity contribution in [2.75, 3.05) is 0 Å². The van der Waals surface area contributed by atoms with Crippen LogP contribution >= 0.6 is 9.03 Å². The molecule has 0 spiro atoms. The molecule has 0 atom stereocenters. The maximum Gasteiger partial charge on any atom is 0.174 e. The van der Waals surface area contributed by atoms with Gasteiger partial charge in [-0.05, 0) is 14.6 Å². The third-order valence-electron chi connectivity index (χ3n) is 0.477. The van der Waals surface area contributed by atoms with E-state index >= 15 is 0 Å². The topological polar surface area (TPSA) is 12.4 Å². The summed E-state index contributed by atoms with van der Waals surface area (Å²) in [5, 5.41) is 0. The molecule has 0 aromatic rings. The Morgan fingerprint density at radius 2 is 2.50 bits per heavy atom. The van der Waals surface area contributed by atoms with E-state index in [1.807, 2.05) is 14.1 Å². The molecule has 1 radical (unpaired) electrons. The van der Waals surface area contributed by atoms with Gasteiger partial charge in [0, 0.05) is 0 Å². The van der Waals surface area contributed by atoms with Crippen LogP contribution in [0.1, 0.15) is 0 Å². The van der Waals surface area contributed by atoms with Crippen molar-refractivity contribution in [3.05, 3.63) is 12.2 Å². The van der Waals surface area contributed by atoms with Crippen molar-refractivity contribution in [3.8, 4) is 0 Å². The zero-order valence-electron chi connectivity index (χ0n) is 3.73. The van der Waals surface area contributed by atoms with E-state index in [9.17, 15) is 0 Å². The minimum atomic E-state index is 0.756. The first-order chi connectivity index (χ1) is 2.81. The third-order valence-corrected chi connectivity index (χ3v) is 0.764. The fourth-order valence-electron chi connectivity index (χ4n) is 0.0645. The second-order valence-electron chi connectivity index (χ2n) is 0.892. The first kappa shape index (κ1) is 5.90. The zero-order valence-corrected chi connectivity index (χ0v) is 4.73. The van der Waals surface area contributed by atoms with Crippen molar-refractivity contribution < 1.29 is 0 Å². The maximum absolute atomic E-state index is 3.56. The Hall–Kier alpha value is -0.0951. The Labute approximate surface area is 41.0 Å². The Bertz CT molecular complexity index is 71.2. The number of nitrogens with zero attached hydrogens (tertiary/aromatic N) is 1. The van der Waals surface area contributed by atoms with Crippen LogP contribution < -0.4 is 0 Å². The lowest BCUT2D eigenvalue weighted by molar-refractivity contribution is 1.59. The van der Waals surface area contributed by atoms with Crippen molar-refractivity contribution >= 4 is 16.3 Å². The van der Waals surface area contributed by atoms with Gasteiger partial charge in [-0.1, -0.05) is 13.4 Å². The minimum Gasteiger partial charge on any atom is -0.252 e. The van der Waals surface area contributed by atoms with Gasteiger partial charge in [0.25, 0.3) is 0 Å². The predicted octanol–water partition coefficient (Wildman–Crippen LogP) is 1.54. The highest BCUT2D eigenvalue weighted by Gasteiger charge is 1.78. The van der Waals surface area contributed by atoms with Gasteiger partial charge in [0.1, 0.15) is 0 Å². The third kappa shape index (κ3) is 2.16. The second kappa shape index (κ2) is 3.11. The highest BCUT2D eigenvalue weighted by molar-refractivity contribution is 7.04. The van der Waals surface area contributed by atoms with Crippen molar-refractivity contribution in [1.82, 2.24) is 0 Å². The molecule has 0 N–H and O–H groups in total. The Kier molecular flexibility index (Phi) is 3.06. The molecular weight excluding hydrogens is 91.8 g/mol. The van der Waals surface area contributed by atoms with E-state index in [0.29, 0.717) is 0 Å². The molecule has 0 heterocycles. The molecule has 31 valence electrons. The van der Waals surface area contributed by atoms with E-state index in [4.69, 9.17) is 0 Å². The molecule has 0 saturated heterocycles. The van der Waals surface area contributed by atoms with Gasteiger partial charge in [-0.3, -0.25) is 4.74 Å². The van der Waals surface area contributed by atoms with Gasteiger partial charge < -0.3 is 0 Å². The summed E-state index contributed by atoms with van der Waals surface area (Å²) < 4.78 is 3.56. The molecule has 3 heteroatoms. The van der Waals surface area contributed by atoms with Crippen molar-refractivity contribution in [2.45, 2.75) is 6.82 Å². The quantitative estimate of drug-likeness (QED) is 0.366. The zero-order chi connectivity index (χ0) is 4.99. The molecule has 0 saturated carbocycles. The molecule has 0 aliphatic carbocycles. The summed E-state index contributed by atoms with van der Waals surface area (Å²) in [6.45, 7) is 5.40. The van der Waals surface area contributed by atoms with Gasteiger partial charge >= 0.3 is 0 Å². The van der Waals surface area contributed by atoms with Crippen LogP contribution in [0.5, 0.6) is 0 Å². The fourth-order valence-corrected chi connectivity index (χ4v) is 0.194. The van der Waals surface area contributed by atoms with Crippen LogP contribution in [0.15, 0.2) is 16.9 Å². The molecule has 0 rings (SSSR count). The molecule has 0 aliphatic heterocycles. The Morgan fingerprint density at radius 1 is 2.00 bits per heavy atom. The summed E-state index contributed by atoms with van der Waals surface area (Å²) in [5.41, 5.74) is 0.756. The van der Waals surface area contributed by atoms with Crippen molar-refractivity contribution in [3.63, 3.8) is 0 Å². The number of rotatable bonds is 2. The molecule has 0 aromatic carbocycles. The van der Waals surface area contributed by atoms with Crippen molar-refractivity contribution in [2.24, 2.45) is 4.74 Å². The van der Waals surface area contributed by atoms with E-state index in [-0.39, 0.29) is 0 Å². The predicted molar refractivity (Wildman–Crippen MR) is 31.5 cm³/mol. The van der Waals surface area contributed by atoms with Gasteiger partial charge in [0.2, 0.25) is 0 Å². The van der Waals surface area contributed by atoms with Crippen LogP contribution in [0.4, 0.5) is 0 Å². The van der Waals surface area contributed by atoms with E-state index < -0.39 is 0 Å². The Balaban J connectivity index is 3.23. The number of hydrogen-bond donors (Lipinski definition) is 0. The highest BCUT2D eigenvalue weighted by atomic mass is 31.0. The van der Waals surface area contributed by atoms with Gasteiger partial charge in [0.15, 0.2) is 7.28 Å². The summed E-state index contributed by atoms with van der Waals surface area (Å²) >= 11 is 0. The monoisotopic (exact) mass is 98.0 g/mol. The normalized spacial score (nSPS) is 6.83. The lowest BCUT2D eigenvalue weighted by Gasteiger charge is -1.80. The molecule has 0 aromatic heterocycles. The highest BCUT2D eigenvalue weighted by Crippen LogP contribution is 1.88. The summed E-state index contributed by atoms with van der Waals surface area (Å²) in [7, 11) is 4.72. The van der Waals surface area contributed by atoms with Crippen LogP contribution in [-0.2, 0) is 0 Å². The van der Waals surface area contributed by atoms with E-state index in [2.05, 4.69) is 20.4 Å². The molecule has 6 heavy (non-hydrogen) atoms. The lowest BCUT2D eigenvalue weighted by atomic mass is 9.79. The van der Waals surface area contributed by atoms with Crippen LogP contribution in [-0.4, -0.2) is 7.28 Å². The van der Waals surface area contributed by atoms with Gasteiger partial charge in [-0.15, -0.1) is 0 Å². The lowest BCUT2D eigenvalue weighted by Crippen LogP contribution is -1.78. The van der Waals surface area contributed by atoms with E-state index in [1.165, 1.54) is 0 Å². The number of hydrogen-bond acceptors (Lipinski definition) is 1. The largest absolute Gasteiger partial charge is 0.252 e. The summed E-state index contributed by atoms with van der Waals surface area (Å²) in [5.74, 6) is 0. The van der Waals surface area contributed by atoms with Gasteiger partial charge in [-0.2, -0.15) is 0 Å². The van der Waals surface area contributed by atoms with Crippen LogP contribution in [0.3, 0.4) is 0 Å². The van der Waals surface area contributed by atoms with Gasteiger partial charge in [0.05, 0.1) is 0 Å². The summed E-state index contributed by atoms with van der Waals surface area (Å²) in [6, 6.07) is 0. The van der Waals surface area contributed by atoms with Crippen LogP contribution in [0.2, 0.25) is 6.82 Å². The smallest absolute Gasteiger partial charge is 0.174 e. The SMILES string of the molecule is C=C([B]C)N=P. The van der Waals surface area contributed by atoms with E-state index in [0.717, 1.165) is 5.60 Å². The van der Waals surface area contributed by atoms with Crippen LogP contribution in [0.25, 0.3) is 0 Å². The first-order valence-corrected chi connectivity index (χ1v) is 2.11. The minimum absolute atomic E-state index is 0.756. The average Bonchev–Trinajstić information content (AvgIpc) is 1.65. The van der Waals surface area contributed by atoms with E-state index in [1.54, 1.807) is 0 Å². The summed E-state index contributed by atoms with van der Waals surface area (Å²) in [4.78, 5) is 0. The second-order valence-corrected chi connectivity index (χ2v) is 1.12. The Morgan fingerprint density at radius 3 is 2.50 bits per heavy atom.